The summed E-state index contributed by atoms with van der Waals surface area (Å²) in [5.41, 5.74) is -0.398. The zero-order valence-electron chi connectivity index (χ0n) is 10.5. The molecule has 19 heavy (non-hydrogen) atoms. The third-order valence-electron chi connectivity index (χ3n) is 2.38. The standard InChI is InChI=1S/C11H13N3O4S/c1-8(6-7-12)13-9-4-3-5-10(19(2,17)18)11(9)14(15)16/h3-5,8,13H,6H2,1-2H3. The monoisotopic (exact) mass is 283 g/mol. The maximum Gasteiger partial charge on any atom is 0.310 e. The topological polar surface area (TPSA) is 113 Å². The van der Waals surface area contributed by atoms with Crippen molar-refractivity contribution < 1.29 is 13.3 Å². The number of rotatable bonds is 5. The number of nitro benzene ring substituents is 1. The van der Waals surface area contributed by atoms with E-state index in [0.717, 1.165) is 6.26 Å². The largest absolute Gasteiger partial charge is 0.376 e. The minimum atomic E-state index is -3.70. The van der Waals surface area contributed by atoms with Crippen LogP contribution < -0.4 is 5.32 Å². The Bertz CT molecular complexity index is 634. The maximum absolute atomic E-state index is 11.5. The number of nitriles is 1. The highest BCUT2D eigenvalue weighted by Gasteiger charge is 2.26. The molecule has 7 nitrogen and oxygen atoms in total. The van der Waals surface area contributed by atoms with Gasteiger partial charge in [0.15, 0.2) is 9.84 Å². The number of benzene rings is 1. The Morgan fingerprint density at radius 1 is 1.53 bits per heavy atom. The zero-order chi connectivity index (χ0) is 14.6. The van der Waals surface area contributed by atoms with Crippen molar-refractivity contribution in [3.63, 3.8) is 0 Å². The number of para-hydroxylation sites is 1. The van der Waals surface area contributed by atoms with Crippen molar-refractivity contribution in [2.45, 2.75) is 24.3 Å². The van der Waals surface area contributed by atoms with Gasteiger partial charge in [-0.3, -0.25) is 10.1 Å². The number of nitrogens with zero attached hydrogens (tertiary/aromatic N) is 2. The molecule has 1 rings (SSSR count). The van der Waals surface area contributed by atoms with Crippen LogP contribution in [-0.4, -0.2) is 25.6 Å². The van der Waals surface area contributed by atoms with Gasteiger partial charge in [-0.1, -0.05) is 6.07 Å². The Morgan fingerprint density at radius 2 is 2.16 bits per heavy atom. The summed E-state index contributed by atoms with van der Waals surface area (Å²) < 4.78 is 23.1. The number of sulfone groups is 1. The Morgan fingerprint density at radius 3 is 2.63 bits per heavy atom. The van der Waals surface area contributed by atoms with Crippen LogP contribution in [0, 0.1) is 21.4 Å². The molecule has 0 aliphatic heterocycles. The highest BCUT2D eigenvalue weighted by molar-refractivity contribution is 7.90. The number of hydrogen-bond acceptors (Lipinski definition) is 6. The van der Waals surface area contributed by atoms with Gasteiger partial charge in [0.05, 0.1) is 17.4 Å². The van der Waals surface area contributed by atoms with Crippen molar-refractivity contribution in [3.05, 3.63) is 28.3 Å². The fourth-order valence-corrected chi connectivity index (χ4v) is 2.44. The minimum Gasteiger partial charge on any atom is -0.376 e. The summed E-state index contributed by atoms with van der Waals surface area (Å²) in [6.45, 7) is 1.68. The zero-order valence-corrected chi connectivity index (χ0v) is 11.3. The summed E-state index contributed by atoms with van der Waals surface area (Å²) in [6.07, 6.45) is 1.07. The van der Waals surface area contributed by atoms with Crippen LogP contribution in [0.25, 0.3) is 0 Å². The van der Waals surface area contributed by atoms with Gasteiger partial charge in [0.25, 0.3) is 0 Å². The average molecular weight is 283 g/mol. The fourth-order valence-electron chi connectivity index (χ4n) is 1.58. The van der Waals surface area contributed by atoms with Gasteiger partial charge < -0.3 is 5.32 Å². The van der Waals surface area contributed by atoms with E-state index in [2.05, 4.69) is 5.32 Å². The Kier molecular flexibility index (Phi) is 4.45. The summed E-state index contributed by atoms with van der Waals surface area (Å²) in [6, 6.07) is 5.64. The summed E-state index contributed by atoms with van der Waals surface area (Å²) in [5, 5.41) is 22.4. The third kappa shape index (κ3) is 3.66. The lowest BCUT2D eigenvalue weighted by Crippen LogP contribution is -2.16. The van der Waals surface area contributed by atoms with Crippen LogP contribution in [0.4, 0.5) is 11.4 Å². The van der Waals surface area contributed by atoms with E-state index < -0.39 is 20.4 Å². The van der Waals surface area contributed by atoms with Crippen LogP contribution in [0.2, 0.25) is 0 Å². The quantitative estimate of drug-likeness (QED) is 0.650. The SMILES string of the molecule is CC(CC#N)Nc1cccc(S(C)(=O)=O)c1[N+](=O)[O-]. The lowest BCUT2D eigenvalue weighted by molar-refractivity contribution is -0.386. The van der Waals surface area contributed by atoms with Gasteiger partial charge in [-0.15, -0.1) is 0 Å². The fraction of sp³-hybridized carbons (Fsp3) is 0.364. The van der Waals surface area contributed by atoms with Crippen LogP contribution in [0.1, 0.15) is 13.3 Å². The lowest BCUT2D eigenvalue weighted by atomic mass is 10.2. The van der Waals surface area contributed by atoms with E-state index in [4.69, 9.17) is 5.26 Å². The first-order valence-electron chi connectivity index (χ1n) is 5.38. The third-order valence-corrected chi connectivity index (χ3v) is 3.51. The first-order chi connectivity index (χ1) is 8.77. The van der Waals surface area contributed by atoms with Crippen LogP contribution in [-0.2, 0) is 9.84 Å². The molecule has 1 unspecified atom stereocenters. The maximum atomic E-state index is 11.5. The Labute approximate surface area is 110 Å². The van der Waals surface area contributed by atoms with E-state index in [1.54, 1.807) is 6.92 Å². The number of hydrogen-bond donors (Lipinski definition) is 1. The van der Waals surface area contributed by atoms with E-state index in [-0.39, 0.29) is 23.0 Å². The summed E-state index contributed by atoms with van der Waals surface area (Å²) >= 11 is 0. The Balaban J connectivity index is 3.34. The van der Waals surface area contributed by atoms with Crippen molar-refractivity contribution in [2.75, 3.05) is 11.6 Å². The average Bonchev–Trinajstić information content (AvgIpc) is 2.27. The molecule has 0 saturated carbocycles. The summed E-state index contributed by atoms with van der Waals surface area (Å²) in [5.74, 6) is 0. The highest BCUT2D eigenvalue weighted by atomic mass is 32.2. The van der Waals surface area contributed by atoms with Gasteiger partial charge in [0, 0.05) is 12.3 Å². The predicted octanol–water partition coefficient (Wildman–Crippen LogP) is 1.71. The van der Waals surface area contributed by atoms with Crippen molar-refractivity contribution in [3.8, 4) is 6.07 Å². The van der Waals surface area contributed by atoms with Crippen LogP contribution in [0.5, 0.6) is 0 Å². The lowest BCUT2D eigenvalue weighted by Gasteiger charge is -2.13. The molecule has 0 aliphatic carbocycles. The first-order valence-corrected chi connectivity index (χ1v) is 7.27. The molecule has 1 N–H and O–H groups in total. The molecular weight excluding hydrogens is 270 g/mol. The molecule has 1 aromatic rings. The van der Waals surface area contributed by atoms with E-state index in [1.165, 1.54) is 18.2 Å². The smallest absolute Gasteiger partial charge is 0.310 e. The number of anilines is 1. The molecule has 0 saturated heterocycles. The normalized spacial score (nSPS) is 12.5. The minimum absolute atomic E-state index is 0.0932. The molecule has 1 aromatic carbocycles. The molecule has 0 aliphatic rings. The Hall–Kier alpha value is -2.14. The van der Waals surface area contributed by atoms with Gasteiger partial charge in [-0.05, 0) is 19.1 Å². The van der Waals surface area contributed by atoms with Crippen molar-refractivity contribution in [2.24, 2.45) is 0 Å². The number of nitro groups is 1. The molecule has 0 spiro atoms. The van der Waals surface area contributed by atoms with Gasteiger partial charge in [-0.25, -0.2) is 8.42 Å². The molecular formula is C11H13N3O4S. The highest BCUT2D eigenvalue weighted by Crippen LogP contribution is 2.32. The summed E-state index contributed by atoms with van der Waals surface area (Å²) in [7, 11) is -3.70. The van der Waals surface area contributed by atoms with E-state index in [9.17, 15) is 18.5 Å². The molecule has 1 atom stereocenters. The first kappa shape index (κ1) is 14.9. The van der Waals surface area contributed by atoms with Gasteiger partial charge >= 0.3 is 5.69 Å². The molecule has 0 fully saturated rings. The summed E-state index contributed by atoms with van der Waals surface area (Å²) in [4.78, 5) is 9.99. The van der Waals surface area contributed by atoms with Crippen molar-refractivity contribution in [1.29, 1.82) is 5.26 Å². The van der Waals surface area contributed by atoms with E-state index in [1.807, 2.05) is 6.07 Å². The van der Waals surface area contributed by atoms with Crippen molar-refractivity contribution >= 4 is 21.2 Å². The van der Waals surface area contributed by atoms with Gasteiger partial charge in [0.2, 0.25) is 0 Å². The van der Waals surface area contributed by atoms with Crippen LogP contribution in [0.15, 0.2) is 23.1 Å². The predicted molar refractivity (Wildman–Crippen MR) is 69.5 cm³/mol. The van der Waals surface area contributed by atoms with Crippen molar-refractivity contribution in [1.82, 2.24) is 0 Å². The second kappa shape index (κ2) is 5.67. The molecule has 0 aromatic heterocycles. The van der Waals surface area contributed by atoms with E-state index in [0.29, 0.717) is 0 Å². The molecule has 0 heterocycles. The molecule has 0 bridgehead atoms. The molecule has 102 valence electrons. The molecule has 0 radical (unpaired) electrons. The van der Waals surface area contributed by atoms with Crippen LogP contribution in [0.3, 0.4) is 0 Å². The second-order valence-corrected chi connectivity index (χ2v) is 6.07. The second-order valence-electron chi connectivity index (χ2n) is 4.09. The number of nitrogens with one attached hydrogen (secondary N) is 1. The van der Waals surface area contributed by atoms with Gasteiger partial charge in [-0.2, -0.15) is 5.26 Å². The molecule has 8 heteroatoms. The van der Waals surface area contributed by atoms with E-state index >= 15 is 0 Å². The van der Waals surface area contributed by atoms with Crippen LogP contribution >= 0.6 is 0 Å². The molecule has 0 amide bonds. The van der Waals surface area contributed by atoms with Gasteiger partial charge in [0.1, 0.15) is 10.6 Å².